The van der Waals surface area contributed by atoms with Gasteiger partial charge in [-0.05, 0) is 55.3 Å². The lowest BCUT2D eigenvalue weighted by Gasteiger charge is -2.42. The van der Waals surface area contributed by atoms with Crippen LogP contribution in [0.15, 0.2) is 47.5 Å². The number of pyridine rings is 1. The van der Waals surface area contributed by atoms with Crippen LogP contribution in [0.3, 0.4) is 0 Å². The van der Waals surface area contributed by atoms with E-state index in [1.165, 1.54) is 6.07 Å². The summed E-state index contributed by atoms with van der Waals surface area (Å²) in [5.74, 6) is 0.846. The fourth-order valence-corrected chi connectivity index (χ4v) is 5.10. The first kappa shape index (κ1) is 24.4. The molecule has 1 aromatic carbocycles. The third kappa shape index (κ3) is 7.67. The molecule has 0 spiro atoms. The Balaban J connectivity index is 1.33. The Morgan fingerprint density at radius 3 is 2.61 bits per heavy atom. The second-order valence-corrected chi connectivity index (χ2v) is 10.9. The van der Waals surface area contributed by atoms with Crippen LogP contribution < -0.4 is 5.32 Å². The predicted molar refractivity (Wildman–Crippen MR) is 121 cm³/mol. The number of benzene rings is 1. The van der Waals surface area contributed by atoms with Crippen molar-refractivity contribution in [3.63, 3.8) is 0 Å². The average Bonchev–Trinajstić information content (AvgIpc) is 2.70. The van der Waals surface area contributed by atoms with Crippen molar-refractivity contribution in [1.29, 1.82) is 0 Å². The predicted octanol–water partition coefficient (Wildman–Crippen LogP) is 4.11. The van der Waals surface area contributed by atoms with Crippen LogP contribution in [0.25, 0.3) is 0 Å². The minimum atomic E-state index is -3.91. The van der Waals surface area contributed by atoms with Crippen LogP contribution in [-0.2, 0) is 21.3 Å². The number of aromatic nitrogens is 1. The molecular formula is C22H30FN2O4PS. The normalized spacial score (nSPS) is 15.6. The number of ether oxygens (including phenoxy) is 1. The fraction of sp³-hybridized carbons (Fsp3) is 0.500. The van der Waals surface area contributed by atoms with Crippen LogP contribution in [-0.4, -0.2) is 46.4 Å². The van der Waals surface area contributed by atoms with E-state index in [9.17, 15) is 8.96 Å². The molecule has 6 nitrogen and oxygen atoms in total. The third-order valence-corrected chi connectivity index (χ3v) is 7.39. The SMILES string of the molecule is O=P(O)(O)CCCNCc1ccc(SCCCCC2(c3ccccc3F)COC2)cn1. The van der Waals surface area contributed by atoms with Gasteiger partial charge in [-0.3, -0.25) is 9.55 Å². The Kier molecular flexibility index (Phi) is 9.07. The van der Waals surface area contributed by atoms with Crippen LogP contribution >= 0.6 is 19.4 Å². The van der Waals surface area contributed by atoms with Crippen molar-refractivity contribution in [3.8, 4) is 0 Å². The molecule has 31 heavy (non-hydrogen) atoms. The molecule has 0 atom stereocenters. The van der Waals surface area contributed by atoms with Crippen molar-refractivity contribution >= 4 is 19.4 Å². The van der Waals surface area contributed by atoms with E-state index in [0.717, 1.165) is 41.2 Å². The van der Waals surface area contributed by atoms with Gasteiger partial charge in [-0.2, -0.15) is 0 Å². The Morgan fingerprint density at radius 1 is 1.16 bits per heavy atom. The monoisotopic (exact) mass is 468 g/mol. The number of nitrogens with zero attached hydrogens (tertiary/aromatic N) is 1. The summed E-state index contributed by atoms with van der Waals surface area (Å²) in [6.45, 7) is 2.31. The summed E-state index contributed by atoms with van der Waals surface area (Å²) in [5, 5.41) is 3.15. The number of unbranched alkanes of at least 4 members (excludes halogenated alkanes) is 1. The van der Waals surface area contributed by atoms with Crippen LogP contribution in [0.2, 0.25) is 0 Å². The summed E-state index contributed by atoms with van der Waals surface area (Å²) in [7, 11) is -3.91. The Labute approximate surface area is 187 Å². The topological polar surface area (TPSA) is 91.7 Å². The van der Waals surface area contributed by atoms with Gasteiger partial charge < -0.3 is 19.8 Å². The standard InChI is InChI=1S/C22H30FN2O4PS/c23-21-7-2-1-6-20(21)22(16-29-17-22)10-3-4-13-31-19-9-8-18(25-15-19)14-24-11-5-12-30(26,27)28/h1-2,6-9,15,24H,3-5,10-14,16-17H2,(H2,26,27,28). The van der Waals surface area contributed by atoms with E-state index in [1.807, 2.05) is 30.5 Å². The molecular weight excluding hydrogens is 438 g/mol. The molecule has 0 unspecified atom stereocenters. The fourth-order valence-electron chi connectivity index (χ4n) is 3.66. The molecule has 1 aromatic heterocycles. The van der Waals surface area contributed by atoms with E-state index < -0.39 is 7.60 Å². The number of rotatable bonds is 13. The van der Waals surface area contributed by atoms with E-state index in [-0.39, 0.29) is 17.4 Å². The zero-order valence-electron chi connectivity index (χ0n) is 17.5. The van der Waals surface area contributed by atoms with E-state index in [0.29, 0.717) is 32.7 Å². The van der Waals surface area contributed by atoms with Gasteiger partial charge in [0.25, 0.3) is 0 Å². The number of nitrogens with one attached hydrogen (secondary N) is 1. The van der Waals surface area contributed by atoms with Gasteiger partial charge in [-0.25, -0.2) is 4.39 Å². The molecule has 0 bridgehead atoms. The van der Waals surface area contributed by atoms with Crippen molar-refractivity contribution in [1.82, 2.24) is 10.3 Å². The zero-order valence-corrected chi connectivity index (χ0v) is 19.2. The van der Waals surface area contributed by atoms with E-state index in [2.05, 4.69) is 10.3 Å². The molecule has 0 saturated carbocycles. The molecule has 1 saturated heterocycles. The maximum Gasteiger partial charge on any atom is 0.325 e. The molecule has 2 aromatic rings. The van der Waals surface area contributed by atoms with Gasteiger partial charge in [0.05, 0.1) is 25.1 Å². The minimum Gasteiger partial charge on any atom is -0.379 e. The van der Waals surface area contributed by atoms with Crippen LogP contribution in [0.1, 0.15) is 36.9 Å². The number of halogens is 1. The van der Waals surface area contributed by atoms with E-state index >= 15 is 0 Å². The molecule has 1 aliphatic rings. The molecule has 2 heterocycles. The average molecular weight is 469 g/mol. The highest BCUT2D eigenvalue weighted by Crippen LogP contribution is 2.38. The second-order valence-electron chi connectivity index (χ2n) is 7.96. The van der Waals surface area contributed by atoms with E-state index in [4.69, 9.17) is 14.5 Å². The van der Waals surface area contributed by atoms with Crippen LogP contribution in [0.4, 0.5) is 4.39 Å². The Hall–Kier alpha value is -1.28. The molecule has 0 aliphatic carbocycles. The van der Waals surface area contributed by atoms with Crippen molar-refractivity contribution in [2.45, 2.75) is 42.5 Å². The molecule has 0 amide bonds. The second kappa shape index (κ2) is 11.5. The van der Waals surface area contributed by atoms with Gasteiger partial charge in [0.15, 0.2) is 0 Å². The first-order valence-corrected chi connectivity index (χ1v) is 13.3. The Morgan fingerprint density at radius 2 is 1.97 bits per heavy atom. The molecule has 1 aliphatic heterocycles. The zero-order chi connectivity index (χ0) is 22.2. The summed E-state index contributed by atoms with van der Waals surface area (Å²) in [5.41, 5.74) is 1.51. The molecule has 170 valence electrons. The molecule has 0 radical (unpaired) electrons. The summed E-state index contributed by atoms with van der Waals surface area (Å²) in [6, 6.07) is 11.0. The lowest BCUT2D eigenvalue weighted by atomic mass is 9.74. The maximum absolute atomic E-state index is 14.2. The lowest BCUT2D eigenvalue weighted by Crippen LogP contribution is -2.47. The maximum atomic E-state index is 14.2. The van der Waals surface area contributed by atoms with Gasteiger partial charge in [-0.1, -0.05) is 24.6 Å². The van der Waals surface area contributed by atoms with Crippen molar-refractivity contribution in [2.24, 2.45) is 0 Å². The van der Waals surface area contributed by atoms with Gasteiger partial charge in [0.2, 0.25) is 0 Å². The molecule has 1 fully saturated rings. The first-order chi connectivity index (χ1) is 14.9. The number of hydrogen-bond donors (Lipinski definition) is 3. The van der Waals surface area contributed by atoms with Gasteiger partial charge >= 0.3 is 7.60 Å². The van der Waals surface area contributed by atoms with Crippen LogP contribution in [0, 0.1) is 5.82 Å². The van der Waals surface area contributed by atoms with Gasteiger partial charge in [0, 0.05) is 23.1 Å². The smallest absolute Gasteiger partial charge is 0.325 e. The first-order valence-electron chi connectivity index (χ1n) is 10.5. The summed E-state index contributed by atoms with van der Waals surface area (Å²) in [6.07, 6.45) is 5.19. The highest BCUT2D eigenvalue weighted by atomic mass is 32.2. The van der Waals surface area contributed by atoms with Gasteiger partial charge in [-0.15, -0.1) is 11.8 Å². The molecule has 3 rings (SSSR count). The van der Waals surface area contributed by atoms with Gasteiger partial charge in [0.1, 0.15) is 5.82 Å². The number of hydrogen-bond acceptors (Lipinski definition) is 5. The highest BCUT2D eigenvalue weighted by molar-refractivity contribution is 7.99. The summed E-state index contributed by atoms with van der Waals surface area (Å²) < 4.78 is 30.4. The Bertz CT molecular complexity index is 874. The summed E-state index contributed by atoms with van der Waals surface area (Å²) in [4.78, 5) is 23.2. The number of thioether (sulfide) groups is 1. The third-order valence-electron chi connectivity index (χ3n) is 5.43. The highest BCUT2D eigenvalue weighted by Gasteiger charge is 2.41. The van der Waals surface area contributed by atoms with Crippen molar-refractivity contribution in [2.75, 3.05) is 31.7 Å². The van der Waals surface area contributed by atoms with Crippen LogP contribution in [0.5, 0.6) is 0 Å². The lowest BCUT2D eigenvalue weighted by molar-refractivity contribution is -0.0668. The van der Waals surface area contributed by atoms with Crippen molar-refractivity contribution in [3.05, 3.63) is 59.7 Å². The largest absolute Gasteiger partial charge is 0.379 e. The minimum absolute atomic E-state index is 0.0998. The molecule has 9 heteroatoms. The van der Waals surface area contributed by atoms with Crippen molar-refractivity contribution < 1.29 is 23.5 Å². The molecule has 3 N–H and O–H groups in total. The van der Waals surface area contributed by atoms with E-state index in [1.54, 1.807) is 17.8 Å². The quantitative estimate of drug-likeness (QED) is 0.232. The summed E-state index contributed by atoms with van der Waals surface area (Å²) >= 11 is 1.76.